The van der Waals surface area contributed by atoms with Gasteiger partial charge in [-0.1, -0.05) is 61.6 Å². The lowest BCUT2D eigenvalue weighted by Gasteiger charge is -2.29. The molecule has 28 heavy (non-hydrogen) atoms. The van der Waals surface area contributed by atoms with E-state index in [1.165, 1.54) is 49.0 Å². The van der Waals surface area contributed by atoms with Crippen molar-refractivity contribution in [1.82, 2.24) is 4.98 Å². The maximum atomic E-state index is 12.9. The quantitative estimate of drug-likeness (QED) is 0.768. The number of aryl methyl sites for hydroxylation is 1. The second-order valence-electron chi connectivity index (χ2n) is 7.91. The molecule has 2 N–H and O–H groups in total. The van der Waals surface area contributed by atoms with Crippen molar-refractivity contribution in [2.24, 2.45) is 0 Å². The minimum atomic E-state index is -0.00279. The van der Waals surface area contributed by atoms with Gasteiger partial charge in [0.15, 0.2) is 5.13 Å². The Balaban J connectivity index is 1.42. The first kappa shape index (κ1) is 19.2. The molecule has 4 rings (SSSR count). The molecule has 0 unspecified atom stereocenters. The van der Waals surface area contributed by atoms with Gasteiger partial charge < -0.3 is 15.3 Å². The summed E-state index contributed by atoms with van der Waals surface area (Å²) < 4.78 is 0. The molecule has 150 valence electrons. The predicted octanol–water partition coefficient (Wildman–Crippen LogP) is 4.90. The second-order valence-corrected chi connectivity index (χ2v) is 8.99. The monoisotopic (exact) mass is 399 g/mol. The first-order valence-corrected chi connectivity index (χ1v) is 11.4. The zero-order chi connectivity index (χ0) is 19.3. The van der Waals surface area contributed by atoms with E-state index >= 15 is 0 Å². The third-order valence-corrected chi connectivity index (χ3v) is 6.81. The second kappa shape index (κ2) is 8.95. The lowest BCUT2D eigenvalue weighted by molar-refractivity contribution is -0.118. The van der Waals surface area contributed by atoms with E-state index in [1.807, 2.05) is 23.1 Å². The van der Waals surface area contributed by atoms with E-state index < -0.39 is 0 Å². The molecule has 2 aromatic rings. The Bertz CT molecular complexity index is 812. The van der Waals surface area contributed by atoms with Crippen LogP contribution in [0.5, 0.6) is 5.88 Å². The molecule has 2 heterocycles. The fourth-order valence-corrected chi connectivity index (χ4v) is 5.24. The van der Waals surface area contributed by atoms with Gasteiger partial charge >= 0.3 is 0 Å². The lowest BCUT2D eigenvalue weighted by Crippen LogP contribution is -2.36. The van der Waals surface area contributed by atoms with Crippen molar-refractivity contribution in [3.8, 4) is 5.88 Å². The van der Waals surface area contributed by atoms with Gasteiger partial charge in [0.05, 0.1) is 11.3 Å². The number of anilines is 2. The fourth-order valence-electron chi connectivity index (χ4n) is 4.32. The van der Waals surface area contributed by atoms with E-state index in [1.54, 1.807) is 0 Å². The van der Waals surface area contributed by atoms with E-state index in [0.29, 0.717) is 10.9 Å². The molecule has 0 radical (unpaired) electrons. The van der Waals surface area contributed by atoms with Crippen LogP contribution in [0.2, 0.25) is 0 Å². The molecule has 0 saturated heterocycles. The average Bonchev–Trinajstić information content (AvgIpc) is 3.02. The predicted molar refractivity (Wildman–Crippen MR) is 114 cm³/mol. The summed E-state index contributed by atoms with van der Waals surface area (Å²) in [7, 11) is 0. The summed E-state index contributed by atoms with van der Waals surface area (Å²) in [6.45, 7) is 0.739. The Morgan fingerprint density at radius 2 is 1.89 bits per heavy atom. The number of para-hydroxylation sites is 1. The maximum absolute atomic E-state index is 12.9. The van der Waals surface area contributed by atoms with E-state index in [2.05, 4.69) is 16.4 Å². The molecular formula is C22H29N3O2S. The summed E-state index contributed by atoms with van der Waals surface area (Å²) in [4.78, 5) is 19.7. The molecule has 1 aliphatic carbocycles. The van der Waals surface area contributed by atoms with Gasteiger partial charge in [-0.2, -0.15) is 4.98 Å². The number of rotatable bonds is 4. The maximum Gasteiger partial charge on any atom is 0.232 e. The molecule has 0 atom stereocenters. The summed E-state index contributed by atoms with van der Waals surface area (Å²) >= 11 is 1.42. The SMILES string of the molecule is O=C(Cc1sc(NC2CCCCCCC2)nc1O)N1CCCc2ccccc21. The first-order chi connectivity index (χ1) is 13.7. The Hall–Kier alpha value is -2.08. The molecule has 5 nitrogen and oxygen atoms in total. The van der Waals surface area contributed by atoms with Crippen LogP contribution in [0.4, 0.5) is 10.8 Å². The molecule has 1 aromatic heterocycles. The van der Waals surface area contributed by atoms with Gasteiger partial charge in [0.1, 0.15) is 0 Å². The summed E-state index contributed by atoms with van der Waals surface area (Å²) in [5.74, 6) is 0.0283. The highest BCUT2D eigenvalue weighted by atomic mass is 32.1. The number of thiazole rings is 1. The lowest BCUT2D eigenvalue weighted by atomic mass is 9.97. The normalized spacial score (nSPS) is 18.2. The number of amides is 1. The number of carbonyl (C=O) groups is 1. The van der Waals surface area contributed by atoms with E-state index in [-0.39, 0.29) is 18.2 Å². The minimum Gasteiger partial charge on any atom is -0.492 e. The van der Waals surface area contributed by atoms with Crippen molar-refractivity contribution < 1.29 is 9.90 Å². The molecule has 2 aliphatic rings. The van der Waals surface area contributed by atoms with E-state index in [4.69, 9.17) is 0 Å². The Labute approximate surface area is 170 Å². The molecule has 1 aromatic carbocycles. The third kappa shape index (κ3) is 4.49. The van der Waals surface area contributed by atoms with Crippen LogP contribution in [-0.4, -0.2) is 28.6 Å². The highest BCUT2D eigenvalue weighted by Crippen LogP contribution is 2.32. The molecule has 1 aliphatic heterocycles. The van der Waals surface area contributed by atoms with Crippen molar-refractivity contribution in [1.29, 1.82) is 0 Å². The Morgan fingerprint density at radius 3 is 2.71 bits per heavy atom. The number of aromatic nitrogens is 1. The molecule has 1 saturated carbocycles. The number of benzene rings is 1. The molecule has 0 bridgehead atoms. The summed E-state index contributed by atoms with van der Waals surface area (Å²) in [5, 5.41) is 14.5. The van der Waals surface area contributed by atoms with Gasteiger partial charge in [0.25, 0.3) is 0 Å². The third-order valence-electron chi connectivity index (χ3n) is 5.83. The van der Waals surface area contributed by atoms with Gasteiger partial charge in [0, 0.05) is 18.3 Å². The number of carbonyl (C=O) groups excluding carboxylic acids is 1. The number of hydrogen-bond donors (Lipinski definition) is 2. The highest BCUT2D eigenvalue weighted by Gasteiger charge is 2.24. The number of hydrogen-bond acceptors (Lipinski definition) is 5. The van der Waals surface area contributed by atoms with Crippen LogP contribution in [0.25, 0.3) is 0 Å². The zero-order valence-corrected chi connectivity index (χ0v) is 17.1. The van der Waals surface area contributed by atoms with E-state index in [0.717, 1.165) is 43.0 Å². The van der Waals surface area contributed by atoms with Crippen molar-refractivity contribution in [3.63, 3.8) is 0 Å². The van der Waals surface area contributed by atoms with Crippen molar-refractivity contribution >= 4 is 28.1 Å². The van der Waals surface area contributed by atoms with Crippen LogP contribution in [-0.2, 0) is 17.6 Å². The minimum absolute atomic E-state index is 0.00279. The van der Waals surface area contributed by atoms with Crippen molar-refractivity contribution in [3.05, 3.63) is 34.7 Å². The van der Waals surface area contributed by atoms with Crippen LogP contribution in [0.3, 0.4) is 0 Å². The Kier molecular flexibility index (Phi) is 6.15. The van der Waals surface area contributed by atoms with Crippen LogP contribution >= 0.6 is 11.3 Å². The highest BCUT2D eigenvalue weighted by molar-refractivity contribution is 7.16. The number of nitrogens with one attached hydrogen (secondary N) is 1. The number of fused-ring (bicyclic) bond motifs is 1. The van der Waals surface area contributed by atoms with Crippen LogP contribution in [0.1, 0.15) is 61.8 Å². The molecule has 0 spiro atoms. The molecule has 1 amide bonds. The van der Waals surface area contributed by atoms with Gasteiger partial charge in [-0.15, -0.1) is 0 Å². The largest absolute Gasteiger partial charge is 0.492 e. The zero-order valence-electron chi connectivity index (χ0n) is 16.3. The van der Waals surface area contributed by atoms with E-state index in [9.17, 15) is 9.90 Å². The summed E-state index contributed by atoms with van der Waals surface area (Å²) in [5.41, 5.74) is 2.23. The van der Waals surface area contributed by atoms with Crippen LogP contribution in [0, 0.1) is 0 Å². The smallest absolute Gasteiger partial charge is 0.232 e. The molecular weight excluding hydrogens is 370 g/mol. The standard InChI is InChI=1S/C22H29N3O2S/c26-20(25-14-8-10-16-9-6-7-13-18(16)25)15-19-21(27)24-22(28-19)23-17-11-4-2-1-3-5-12-17/h6-7,9,13,17,27H,1-5,8,10-12,14-15H2,(H,23,24). The first-order valence-electron chi connectivity index (χ1n) is 10.5. The summed E-state index contributed by atoms with van der Waals surface area (Å²) in [6, 6.07) is 8.53. The average molecular weight is 400 g/mol. The fraction of sp³-hybridized carbons (Fsp3) is 0.545. The topological polar surface area (TPSA) is 65.5 Å². The van der Waals surface area contributed by atoms with Gasteiger partial charge in [0.2, 0.25) is 11.8 Å². The molecule has 6 heteroatoms. The van der Waals surface area contributed by atoms with Crippen LogP contribution < -0.4 is 10.2 Å². The Morgan fingerprint density at radius 1 is 1.14 bits per heavy atom. The molecule has 1 fully saturated rings. The van der Waals surface area contributed by atoms with Crippen molar-refractivity contribution in [2.75, 3.05) is 16.8 Å². The van der Waals surface area contributed by atoms with Gasteiger partial charge in [-0.25, -0.2) is 0 Å². The van der Waals surface area contributed by atoms with Gasteiger partial charge in [-0.05, 0) is 37.3 Å². The number of aromatic hydroxyl groups is 1. The van der Waals surface area contributed by atoms with Crippen LogP contribution in [0.15, 0.2) is 24.3 Å². The number of nitrogens with zero attached hydrogens (tertiary/aromatic N) is 2. The van der Waals surface area contributed by atoms with Crippen molar-refractivity contribution in [2.45, 2.75) is 70.3 Å². The van der Waals surface area contributed by atoms with Gasteiger partial charge in [-0.3, -0.25) is 4.79 Å². The summed E-state index contributed by atoms with van der Waals surface area (Å²) in [6.07, 6.45) is 10.9.